The van der Waals surface area contributed by atoms with Gasteiger partial charge in [-0.15, -0.1) is 0 Å². The minimum atomic E-state index is -0.362. The van der Waals surface area contributed by atoms with Crippen molar-refractivity contribution in [1.29, 1.82) is 5.26 Å². The van der Waals surface area contributed by atoms with Crippen LogP contribution in [0.15, 0.2) is 59.6 Å². The van der Waals surface area contributed by atoms with Crippen LogP contribution in [0.5, 0.6) is 0 Å². The van der Waals surface area contributed by atoms with E-state index in [4.69, 9.17) is 5.26 Å². The molecular weight excluding hydrogens is 346 g/mol. The summed E-state index contributed by atoms with van der Waals surface area (Å²) in [6.07, 6.45) is 3.71. The number of amides is 2. The smallest absolute Gasteiger partial charge is 0.290 e. The molecule has 0 atom stereocenters. The topological polar surface area (TPSA) is 74.9 Å². The second kappa shape index (κ2) is 6.54. The molecule has 26 heavy (non-hydrogen) atoms. The van der Waals surface area contributed by atoms with Gasteiger partial charge in [0, 0.05) is 29.2 Å². The fourth-order valence-corrected chi connectivity index (χ4v) is 3.69. The molecule has 2 aromatic carbocycles. The molecule has 1 N–H and O–H groups in total. The van der Waals surface area contributed by atoms with E-state index in [-0.39, 0.29) is 11.1 Å². The molecule has 4 rings (SSSR count). The molecule has 1 aromatic heterocycles. The molecule has 0 aliphatic carbocycles. The minimum absolute atomic E-state index is 0.349. The summed E-state index contributed by atoms with van der Waals surface area (Å²) in [6.45, 7) is 0.609. The van der Waals surface area contributed by atoms with Gasteiger partial charge in [0.15, 0.2) is 0 Å². The molecule has 0 radical (unpaired) electrons. The summed E-state index contributed by atoms with van der Waals surface area (Å²) >= 11 is 0.911. The normalized spacial score (nSPS) is 15.4. The van der Waals surface area contributed by atoms with Crippen LogP contribution in [0.3, 0.4) is 0 Å². The second-order valence-electron chi connectivity index (χ2n) is 5.89. The maximum absolute atomic E-state index is 11.8. The van der Waals surface area contributed by atoms with E-state index in [1.54, 1.807) is 12.1 Å². The number of nitrogens with zero attached hydrogens (tertiary/aromatic N) is 2. The summed E-state index contributed by atoms with van der Waals surface area (Å²) in [7, 11) is 0. The van der Waals surface area contributed by atoms with Crippen LogP contribution < -0.4 is 5.32 Å². The highest BCUT2D eigenvalue weighted by Gasteiger charge is 2.25. The van der Waals surface area contributed by atoms with Crippen molar-refractivity contribution in [2.45, 2.75) is 6.54 Å². The first-order chi connectivity index (χ1) is 12.6. The lowest BCUT2D eigenvalue weighted by atomic mass is 10.1. The van der Waals surface area contributed by atoms with Crippen molar-refractivity contribution in [3.63, 3.8) is 0 Å². The van der Waals surface area contributed by atoms with E-state index in [1.165, 1.54) is 0 Å². The Labute approximate surface area is 153 Å². The molecule has 126 valence electrons. The van der Waals surface area contributed by atoms with Crippen LogP contribution in [0.25, 0.3) is 17.0 Å². The Hall–Kier alpha value is -3.30. The van der Waals surface area contributed by atoms with Crippen LogP contribution in [0.4, 0.5) is 4.79 Å². The third-order valence-electron chi connectivity index (χ3n) is 4.16. The third kappa shape index (κ3) is 3.01. The zero-order valence-corrected chi connectivity index (χ0v) is 14.4. The highest BCUT2D eigenvalue weighted by Crippen LogP contribution is 2.30. The maximum atomic E-state index is 11.8. The Morgan fingerprint density at radius 1 is 1.15 bits per heavy atom. The predicted octanol–water partition coefficient (Wildman–Crippen LogP) is 3.89. The molecule has 1 saturated heterocycles. The number of nitriles is 1. The Morgan fingerprint density at radius 2 is 2.00 bits per heavy atom. The SMILES string of the molecule is N#Cc1cccc(Cn2cc(/C=C3\SC(=O)NC3=O)c3ccccc32)c1. The van der Waals surface area contributed by atoms with Crippen LogP contribution in [0.2, 0.25) is 0 Å². The molecule has 6 heteroatoms. The largest absolute Gasteiger partial charge is 0.342 e. The zero-order chi connectivity index (χ0) is 18.1. The predicted molar refractivity (Wildman–Crippen MR) is 101 cm³/mol. The van der Waals surface area contributed by atoms with E-state index in [0.717, 1.165) is 33.8 Å². The molecule has 1 aliphatic heterocycles. The number of nitrogens with one attached hydrogen (secondary N) is 1. The fraction of sp³-hybridized carbons (Fsp3) is 0.0500. The van der Waals surface area contributed by atoms with Gasteiger partial charge in [0.25, 0.3) is 11.1 Å². The number of carbonyl (C=O) groups excluding carboxylic acids is 2. The van der Waals surface area contributed by atoms with Crippen LogP contribution in [-0.4, -0.2) is 15.7 Å². The Balaban J connectivity index is 1.77. The van der Waals surface area contributed by atoms with Crippen molar-refractivity contribution in [1.82, 2.24) is 9.88 Å². The fourth-order valence-electron chi connectivity index (χ4n) is 3.02. The van der Waals surface area contributed by atoms with E-state index >= 15 is 0 Å². The van der Waals surface area contributed by atoms with Gasteiger partial charge in [0.1, 0.15) is 0 Å². The highest BCUT2D eigenvalue weighted by atomic mass is 32.2. The van der Waals surface area contributed by atoms with Gasteiger partial charge < -0.3 is 4.57 Å². The lowest BCUT2D eigenvalue weighted by molar-refractivity contribution is -0.115. The monoisotopic (exact) mass is 359 g/mol. The summed E-state index contributed by atoms with van der Waals surface area (Å²) in [5, 5.41) is 12.0. The molecule has 2 heterocycles. The molecule has 1 fully saturated rings. The molecule has 1 aliphatic rings. The average molecular weight is 359 g/mol. The van der Waals surface area contributed by atoms with Crippen molar-refractivity contribution in [3.8, 4) is 6.07 Å². The summed E-state index contributed by atoms with van der Waals surface area (Å²) in [5.74, 6) is -0.362. The number of hydrogen-bond acceptors (Lipinski definition) is 4. The van der Waals surface area contributed by atoms with E-state index in [9.17, 15) is 9.59 Å². The van der Waals surface area contributed by atoms with Gasteiger partial charge in [0.2, 0.25) is 0 Å². The van der Waals surface area contributed by atoms with Crippen LogP contribution in [-0.2, 0) is 11.3 Å². The standard InChI is InChI=1S/C20H13N3O2S/c21-10-13-4-3-5-14(8-13)11-23-12-15(16-6-1-2-7-17(16)23)9-18-19(24)22-20(25)26-18/h1-9,12H,11H2,(H,22,24,25)/b18-9-. The molecule has 0 saturated carbocycles. The molecule has 0 spiro atoms. The van der Waals surface area contributed by atoms with E-state index in [0.29, 0.717) is 17.0 Å². The molecule has 2 amide bonds. The van der Waals surface area contributed by atoms with Gasteiger partial charge in [-0.05, 0) is 41.6 Å². The maximum Gasteiger partial charge on any atom is 0.290 e. The van der Waals surface area contributed by atoms with E-state index in [1.807, 2.05) is 48.7 Å². The van der Waals surface area contributed by atoms with Gasteiger partial charge in [-0.2, -0.15) is 5.26 Å². The first-order valence-corrected chi connectivity index (χ1v) is 8.77. The second-order valence-corrected chi connectivity index (χ2v) is 6.91. The van der Waals surface area contributed by atoms with E-state index in [2.05, 4.69) is 16.0 Å². The van der Waals surface area contributed by atoms with Crippen LogP contribution in [0.1, 0.15) is 16.7 Å². The lowest BCUT2D eigenvalue weighted by Crippen LogP contribution is -2.17. The molecule has 0 unspecified atom stereocenters. The highest BCUT2D eigenvalue weighted by molar-refractivity contribution is 8.18. The third-order valence-corrected chi connectivity index (χ3v) is 4.97. The number of carbonyl (C=O) groups is 2. The number of aromatic nitrogens is 1. The Morgan fingerprint density at radius 3 is 2.77 bits per heavy atom. The summed E-state index contributed by atoms with van der Waals surface area (Å²) in [4.78, 5) is 23.6. The number of imide groups is 1. The Kier molecular flexibility index (Phi) is 4.07. The zero-order valence-electron chi connectivity index (χ0n) is 13.6. The van der Waals surface area contributed by atoms with Crippen LogP contribution >= 0.6 is 11.8 Å². The molecule has 3 aromatic rings. The first kappa shape index (κ1) is 16.2. The van der Waals surface area contributed by atoms with Gasteiger partial charge in [-0.25, -0.2) is 0 Å². The average Bonchev–Trinajstić information content (AvgIpc) is 3.15. The number of para-hydroxylation sites is 1. The Bertz CT molecular complexity index is 1120. The summed E-state index contributed by atoms with van der Waals surface area (Å²) in [6, 6.07) is 17.6. The minimum Gasteiger partial charge on any atom is -0.342 e. The van der Waals surface area contributed by atoms with Crippen molar-refractivity contribution in [3.05, 3.63) is 76.3 Å². The number of thioether (sulfide) groups is 1. The summed E-state index contributed by atoms with van der Waals surface area (Å²) < 4.78 is 2.08. The van der Waals surface area contributed by atoms with Gasteiger partial charge in [-0.3, -0.25) is 14.9 Å². The number of benzene rings is 2. The quantitative estimate of drug-likeness (QED) is 0.720. The van der Waals surface area contributed by atoms with Crippen molar-refractivity contribution in [2.24, 2.45) is 0 Å². The molecule has 5 nitrogen and oxygen atoms in total. The number of fused-ring (bicyclic) bond motifs is 1. The lowest BCUT2D eigenvalue weighted by Gasteiger charge is -2.05. The molecule has 0 bridgehead atoms. The van der Waals surface area contributed by atoms with Crippen molar-refractivity contribution >= 4 is 39.9 Å². The van der Waals surface area contributed by atoms with Crippen LogP contribution in [0, 0.1) is 11.3 Å². The molecular formula is C20H13N3O2S. The van der Waals surface area contributed by atoms with Gasteiger partial charge in [0.05, 0.1) is 16.5 Å². The summed E-state index contributed by atoms with van der Waals surface area (Å²) in [5.41, 5.74) is 3.55. The van der Waals surface area contributed by atoms with Crippen molar-refractivity contribution in [2.75, 3.05) is 0 Å². The number of hydrogen-bond donors (Lipinski definition) is 1. The van der Waals surface area contributed by atoms with E-state index < -0.39 is 0 Å². The first-order valence-electron chi connectivity index (χ1n) is 7.96. The number of rotatable bonds is 3. The van der Waals surface area contributed by atoms with Crippen molar-refractivity contribution < 1.29 is 9.59 Å². The van der Waals surface area contributed by atoms with Gasteiger partial charge >= 0.3 is 0 Å². The van der Waals surface area contributed by atoms with Gasteiger partial charge in [-0.1, -0.05) is 30.3 Å².